The van der Waals surface area contributed by atoms with Crippen molar-refractivity contribution in [3.05, 3.63) is 0 Å². The van der Waals surface area contributed by atoms with Crippen molar-refractivity contribution < 1.29 is 14.1 Å². The van der Waals surface area contributed by atoms with Crippen LogP contribution < -0.4 is 0 Å². The van der Waals surface area contributed by atoms with E-state index in [9.17, 15) is 5.11 Å². The molecule has 0 aromatic rings. The van der Waals surface area contributed by atoms with Crippen molar-refractivity contribution in [2.24, 2.45) is 0 Å². The smallest absolute Gasteiger partial charge is 0.196 e. The highest BCUT2D eigenvalue weighted by atomic mass is 35.5. The van der Waals surface area contributed by atoms with E-state index in [2.05, 4.69) is 0 Å². The summed E-state index contributed by atoms with van der Waals surface area (Å²) in [6, 6.07) is 0. The zero-order valence-corrected chi connectivity index (χ0v) is 11.6. The van der Waals surface area contributed by atoms with Crippen molar-refractivity contribution >= 4 is 24.0 Å². The maximum atomic E-state index is 9.83. The van der Waals surface area contributed by atoms with Gasteiger partial charge in [-0.3, -0.25) is 0 Å². The van der Waals surface area contributed by atoms with Crippen molar-refractivity contribution in [3.63, 3.8) is 0 Å². The normalized spacial score (nSPS) is 17.1. The maximum Gasteiger partial charge on any atom is 0.196 e. The second kappa shape index (κ2) is 5.52. The van der Waals surface area contributed by atoms with Gasteiger partial charge in [-0.1, -0.05) is 11.6 Å². The first-order chi connectivity index (χ1) is 5.54. The Hall–Kier alpha value is 0.460. The third kappa shape index (κ3) is 6.85. The number of aliphatic hydroxyl groups is 1. The molecule has 0 radical (unpaired) electrons. The monoisotopic (exact) mass is 246 g/mol. The summed E-state index contributed by atoms with van der Waals surface area (Å²) in [7, 11) is 12.1. The van der Waals surface area contributed by atoms with Gasteiger partial charge in [0.2, 0.25) is 0 Å². The first-order valence-electron chi connectivity index (χ1n) is 4.48. The number of quaternary nitrogens is 2. The van der Waals surface area contributed by atoms with Crippen molar-refractivity contribution in [2.45, 2.75) is 11.6 Å². The van der Waals surface area contributed by atoms with Gasteiger partial charge in [0.05, 0.1) is 42.3 Å². The predicted octanol–water partition coefficient (Wildman–Crippen LogP) is 0.746. The van der Waals surface area contributed by atoms with Crippen LogP contribution in [-0.2, 0) is 0 Å². The van der Waals surface area contributed by atoms with Gasteiger partial charge in [-0.15, -0.1) is 12.4 Å². The molecule has 0 saturated heterocycles. The molecule has 0 spiro atoms. The fourth-order valence-corrected chi connectivity index (χ4v) is 1.24. The largest absolute Gasteiger partial charge is 0.380 e. The highest BCUT2D eigenvalue weighted by Crippen LogP contribution is 2.14. The predicted molar refractivity (Wildman–Crippen MR) is 63.8 cm³/mol. The van der Waals surface area contributed by atoms with Gasteiger partial charge < -0.3 is 14.1 Å². The Morgan fingerprint density at radius 2 is 1.43 bits per heavy atom. The third-order valence-electron chi connectivity index (χ3n) is 1.79. The van der Waals surface area contributed by atoms with Gasteiger partial charge in [0.1, 0.15) is 6.54 Å². The average molecular weight is 247 g/mol. The number of nitrogens with zero attached hydrogens (tertiary/aromatic N) is 2. The fourth-order valence-electron chi connectivity index (χ4n) is 1.16. The highest BCUT2D eigenvalue weighted by Gasteiger charge is 2.32. The number of hydrogen-bond donors (Lipinski definition) is 1. The molecule has 0 aromatic carbocycles. The molecule has 0 amide bonds. The van der Waals surface area contributed by atoms with Gasteiger partial charge in [0.15, 0.2) is 11.6 Å². The lowest BCUT2D eigenvalue weighted by atomic mass is 10.2. The first-order valence-corrected chi connectivity index (χ1v) is 4.91. The Kier molecular flexibility index (Phi) is 6.65. The molecule has 0 saturated carbocycles. The zero-order chi connectivity index (χ0) is 10.9. The molecule has 14 heavy (non-hydrogen) atoms. The standard InChI is InChI=1S/C9H23ClN2O.ClH/c1-11(2,3)7-8(13)9(10)12(4,5)6;/h8-9,13H,7H2,1-6H3;1H/q+2;. The molecule has 88 valence electrons. The van der Waals surface area contributed by atoms with Crippen LogP contribution in [0.3, 0.4) is 0 Å². The lowest BCUT2D eigenvalue weighted by Crippen LogP contribution is -2.54. The minimum Gasteiger partial charge on any atom is -0.380 e. The molecule has 3 nitrogen and oxygen atoms in total. The Morgan fingerprint density at radius 1 is 1.07 bits per heavy atom. The number of halogens is 2. The molecule has 0 aliphatic heterocycles. The van der Waals surface area contributed by atoms with Crippen LogP contribution in [0.4, 0.5) is 0 Å². The van der Waals surface area contributed by atoms with Crippen LogP contribution in [-0.4, -0.2) is 74.5 Å². The van der Waals surface area contributed by atoms with Crippen molar-refractivity contribution in [1.29, 1.82) is 0 Å². The first kappa shape index (κ1) is 16.9. The van der Waals surface area contributed by atoms with Gasteiger partial charge in [-0.05, 0) is 0 Å². The third-order valence-corrected chi connectivity index (χ3v) is 2.67. The summed E-state index contributed by atoms with van der Waals surface area (Å²) in [5, 5.41) is 9.83. The van der Waals surface area contributed by atoms with Crippen LogP contribution in [0.2, 0.25) is 0 Å². The minimum atomic E-state index is -0.471. The van der Waals surface area contributed by atoms with Crippen LogP contribution in [0, 0.1) is 0 Å². The molecular weight excluding hydrogens is 223 g/mol. The van der Waals surface area contributed by atoms with E-state index in [4.69, 9.17) is 11.6 Å². The summed E-state index contributed by atoms with van der Waals surface area (Å²) in [6.07, 6.45) is -0.471. The molecule has 0 aromatic heterocycles. The second-order valence-electron chi connectivity index (χ2n) is 5.53. The fraction of sp³-hybridized carbons (Fsp3) is 1.00. The summed E-state index contributed by atoms with van der Waals surface area (Å²) in [5.74, 6) is 0. The van der Waals surface area contributed by atoms with Gasteiger partial charge in [0.25, 0.3) is 0 Å². The van der Waals surface area contributed by atoms with Crippen molar-refractivity contribution in [1.82, 2.24) is 0 Å². The average Bonchev–Trinajstić information content (AvgIpc) is 1.79. The molecule has 0 bridgehead atoms. The molecular formula is C9H24Cl2N2O+2. The second-order valence-corrected chi connectivity index (χ2v) is 5.98. The maximum absolute atomic E-state index is 9.83. The number of hydrogen-bond acceptors (Lipinski definition) is 1. The summed E-state index contributed by atoms with van der Waals surface area (Å²) >= 11 is 6.13. The number of alkyl halides is 1. The minimum absolute atomic E-state index is 0. The molecule has 0 rings (SSSR count). The van der Waals surface area contributed by atoms with E-state index < -0.39 is 6.10 Å². The molecule has 0 fully saturated rings. The van der Waals surface area contributed by atoms with Crippen LogP contribution in [0.25, 0.3) is 0 Å². The Balaban J connectivity index is 0. The highest BCUT2D eigenvalue weighted by molar-refractivity contribution is 6.20. The quantitative estimate of drug-likeness (QED) is 0.441. The lowest BCUT2D eigenvalue weighted by Gasteiger charge is -2.35. The molecule has 0 aliphatic rings. The number of aliphatic hydroxyl groups excluding tert-OH is 1. The molecule has 2 atom stereocenters. The lowest BCUT2D eigenvalue weighted by molar-refractivity contribution is -0.903. The summed E-state index contributed by atoms with van der Waals surface area (Å²) in [5.41, 5.74) is -0.252. The summed E-state index contributed by atoms with van der Waals surface area (Å²) in [4.78, 5) is 0. The Morgan fingerprint density at radius 3 is 1.64 bits per heavy atom. The van der Waals surface area contributed by atoms with E-state index in [0.29, 0.717) is 11.0 Å². The van der Waals surface area contributed by atoms with Crippen molar-refractivity contribution in [2.75, 3.05) is 48.8 Å². The SMILES string of the molecule is C[N+](C)(C)CC(O)C(Cl)[N+](C)(C)C.Cl. The summed E-state index contributed by atoms with van der Waals surface area (Å²) in [6.45, 7) is 0.670. The van der Waals surface area contributed by atoms with Crippen LogP contribution in [0.1, 0.15) is 0 Å². The summed E-state index contributed by atoms with van der Waals surface area (Å²) < 4.78 is 1.30. The van der Waals surface area contributed by atoms with Crippen LogP contribution in [0.5, 0.6) is 0 Å². The molecule has 0 heterocycles. The van der Waals surface area contributed by atoms with E-state index in [1.54, 1.807) is 0 Å². The topological polar surface area (TPSA) is 20.2 Å². The van der Waals surface area contributed by atoms with E-state index in [-0.39, 0.29) is 17.9 Å². The van der Waals surface area contributed by atoms with Gasteiger partial charge in [-0.25, -0.2) is 0 Å². The molecule has 0 aliphatic carbocycles. The molecule has 5 heteroatoms. The van der Waals surface area contributed by atoms with Crippen molar-refractivity contribution in [3.8, 4) is 0 Å². The van der Waals surface area contributed by atoms with Crippen LogP contribution >= 0.6 is 24.0 Å². The Labute approximate surface area is 98.8 Å². The van der Waals surface area contributed by atoms with Gasteiger partial charge in [0, 0.05) is 0 Å². The van der Waals surface area contributed by atoms with E-state index >= 15 is 0 Å². The number of likely N-dealkylation sites (N-methyl/N-ethyl adjacent to an activating group) is 2. The zero-order valence-electron chi connectivity index (χ0n) is 9.99. The number of rotatable bonds is 4. The van der Waals surface area contributed by atoms with Crippen LogP contribution in [0.15, 0.2) is 0 Å². The van der Waals surface area contributed by atoms with E-state index in [0.717, 1.165) is 4.48 Å². The molecule has 2 unspecified atom stereocenters. The van der Waals surface area contributed by atoms with E-state index in [1.165, 1.54) is 0 Å². The van der Waals surface area contributed by atoms with Gasteiger partial charge in [-0.2, -0.15) is 0 Å². The van der Waals surface area contributed by atoms with E-state index in [1.807, 2.05) is 42.3 Å². The van der Waals surface area contributed by atoms with Gasteiger partial charge >= 0.3 is 0 Å². The molecule has 1 N–H and O–H groups in total. The Bertz CT molecular complexity index is 163.